The van der Waals surface area contributed by atoms with Crippen molar-refractivity contribution < 1.29 is 28.8 Å². The number of hydrogen-bond donors (Lipinski definition) is 1. The summed E-state index contributed by atoms with van der Waals surface area (Å²) in [5.41, 5.74) is 5.39. The topological polar surface area (TPSA) is 127 Å². The molecule has 0 spiro atoms. The third-order valence-electron chi connectivity index (χ3n) is 2.70. The van der Waals surface area contributed by atoms with Crippen LogP contribution in [0.2, 0.25) is 0 Å². The van der Waals surface area contributed by atoms with Gasteiger partial charge in [-0.2, -0.15) is 5.06 Å². The summed E-state index contributed by atoms with van der Waals surface area (Å²) in [4.78, 5) is 61.9. The minimum atomic E-state index is -1.32. The van der Waals surface area contributed by atoms with E-state index in [-0.39, 0.29) is 19.4 Å². The van der Waals surface area contributed by atoms with Gasteiger partial charge in [0.15, 0.2) is 6.04 Å². The van der Waals surface area contributed by atoms with Crippen LogP contribution < -0.4 is 5.73 Å². The summed E-state index contributed by atoms with van der Waals surface area (Å²) in [5, 5.41) is 0.646. The van der Waals surface area contributed by atoms with Gasteiger partial charge in [-0.15, -0.1) is 0 Å². The minimum Gasteiger partial charge on any atom is -0.336 e. The van der Waals surface area contributed by atoms with E-state index in [4.69, 9.17) is 10.6 Å². The van der Waals surface area contributed by atoms with E-state index in [9.17, 15) is 24.0 Å². The summed E-state index contributed by atoms with van der Waals surface area (Å²) in [5.74, 6) is -2.96. The molecule has 0 aliphatic carbocycles. The van der Waals surface area contributed by atoms with Crippen LogP contribution in [0.4, 0.5) is 0 Å². The maximum absolute atomic E-state index is 11.9. The van der Waals surface area contributed by atoms with E-state index >= 15 is 0 Å². The number of rotatable bonds is 6. The molecule has 0 aromatic carbocycles. The highest BCUT2D eigenvalue weighted by atomic mass is 16.7. The first-order chi connectivity index (χ1) is 9.92. The van der Waals surface area contributed by atoms with E-state index in [1.165, 1.54) is 7.05 Å². The lowest BCUT2D eigenvalue weighted by Crippen LogP contribution is -2.51. The smallest absolute Gasteiger partial charge is 0.336 e. The second kappa shape index (κ2) is 7.29. The van der Waals surface area contributed by atoms with Gasteiger partial charge in [0.1, 0.15) is 6.29 Å². The largest absolute Gasteiger partial charge is 0.356 e. The Bertz CT molecular complexity index is 483. The number of amides is 3. The number of nitrogens with two attached hydrogens (primary N) is 1. The maximum Gasteiger partial charge on any atom is 0.356 e. The van der Waals surface area contributed by atoms with Crippen LogP contribution in [-0.2, 0) is 28.8 Å². The molecule has 114 valence electrons. The van der Waals surface area contributed by atoms with Gasteiger partial charge in [0, 0.05) is 38.6 Å². The Labute approximate surface area is 120 Å². The van der Waals surface area contributed by atoms with Crippen LogP contribution in [0.15, 0.2) is 12.2 Å². The first-order valence-corrected chi connectivity index (χ1v) is 6.09. The molecule has 9 nitrogen and oxygen atoms in total. The Hall–Kier alpha value is -2.55. The summed E-state index contributed by atoms with van der Waals surface area (Å²) in [6.07, 6.45) is 2.45. The van der Waals surface area contributed by atoms with Crippen LogP contribution in [0.3, 0.4) is 0 Å². The van der Waals surface area contributed by atoms with E-state index in [0.717, 1.165) is 12.2 Å². The Morgan fingerprint density at radius 3 is 2.43 bits per heavy atom. The predicted molar refractivity (Wildman–Crippen MR) is 68.0 cm³/mol. The number of nitrogens with zero attached hydrogens (tertiary/aromatic N) is 2. The van der Waals surface area contributed by atoms with Crippen molar-refractivity contribution in [3.8, 4) is 0 Å². The van der Waals surface area contributed by atoms with Crippen LogP contribution in [0.25, 0.3) is 0 Å². The molecule has 1 rings (SSSR count). The first kappa shape index (κ1) is 16.5. The Kier molecular flexibility index (Phi) is 5.73. The van der Waals surface area contributed by atoms with Crippen molar-refractivity contribution in [2.45, 2.75) is 18.9 Å². The van der Waals surface area contributed by atoms with Crippen molar-refractivity contribution in [2.24, 2.45) is 5.73 Å². The zero-order chi connectivity index (χ0) is 16.0. The zero-order valence-corrected chi connectivity index (χ0v) is 11.4. The average Bonchev–Trinajstić information content (AvgIpc) is 2.77. The van der Waals surface area contributed by atoms with Gasteiger partial charge in [0.2, 0.25) is 0 Å². The highest BCUT2D eigenvalue weighted by Crippen LogP contribution is 2.11. The molecule has 2 N–H and O–H groups in total. The van der Waals surface area contributed by atoms with Crippen molar-refractivity contribution in [2.75, 3.05) is 13.6 Å². The van der Waals surface area contributed by atoms with E-state index in [1.54, 1.807) is 0 Å². The first-order valence-electron chi connectivity index (χ1n) is 6.09. The molecule has 3 amide bonds. The molecular formula is C12H15N3O6. The second-order valence-electron chi connectivity index (χ2n) is 4.14. The number of aldehydes is 1. The van der Waals surface area contributed by atoms with Crippen molar-refractivity contribution >= 4 is 30.0 Å². The number of hydroxylamine groups is 2. The molecule has 0 saturated carbocycles. The van der Waals surface area contributed by atoms with Crippen molar-refractivity contribution in [1.29, 1.82) is 0 Å². The van der Waals surface area contributed by atoms with E-state index < -0.39 is 29.7 Å². The zero-order valence-electron chi connectivity index (χ0n) is 11.4. The van der Waals surface area contributed by atoms with Crippen LogP contribution in [0.1, 0.15) is 12.8 Å². The van der Waals surface area contributed by atoms with Gasteiger partial charge in [-0.3, -0.25) is 19.3 Å². The molecule has 0 radical (unpaired) electrons. The van der Waals surface area contributed by atoms with E-state index in [1.807, 2.05) is 0 Å². The van der Waals surface area contributed by atoms with Gasteiger partial charge in [0.05, 0.1) is 0 Å². The average molecular weight is 297 g/mol. The van der Waals surface area contributed by atoms with Gasteiger partial charge in [-0.25, -0.2) is 4.79 Å². The lowest BCUT2D eigenvalue weighted by molar-refractivity contribution is -0.197. The molecule has 21 heavy (non-hydrogen) atoms. The molecule has 1 unspecified atom stereocenters. The van der Waals surface area contributed by atoms with E-state index in [2.05, 4.69) is 0 Å². The fraction of sp³-hybridized carbons (Fsp3) is 0.417. The highest BCUT2D eigenvalue weighted by molar-refractivity contribution is 6.14. The van der Waals surface area contributed by atoms with Crippen LogP contribution in [0, 0.1) is 0 Å². The molecule has 0 aromatic rings. The molecule has 0 fully saturated rings. The fourth-order valence-corrected chi connectivity index (χ4v) is 1.61. The van der Waals surface area contributed by atoms with Crippen molar-refractivity contribution in [3.63, 3.8) is 0 Å². The van der Waals surface area contributed by atoms with Crippen LogP contribution >= 0.6 is 0 Å². The monoisotopic (exact) mass is 297 g/mol. The summed E-state index contributed by atoms with van der Waals surface area (Å²) < 4.78 is 0. The molecule has 1 heterocycles. The predicted octanol–water partition coefficient (Wildman–Crippen LogP) is -1.87. The Balaban J connectivity index is 2.67. The third-order valence-corrected chi connectivity index (χ3v) is 2.70. The lowest BCUT2D eigenvalue weighted by atomic mass is 10.2. The number of imide groups is 1. The maximum atomic E-state index is 11.9. The molecule has 1 aliphatic rings. The van der Waals surface area contributed by atoms with E-state index in [0.29, 0.717) is 16.2 Å². The number of hydrogen-bond acceptors (Lipinski definition) is 7. The van der Waals surface area contributed by atoms with Gasteiger partial charge >= 0.3 is 5.97 Å². The van der Waals surface area contributed by atoms with Crippen molar-refractivity contribution in [1.82, 2.24) is 9.96 Å². The number of carbonyl (C=O) groups excluding carboxylic acids is 5. The summed E-state index contributed by atoms with van der Waals surface area (Å²) >= 11 is 0. The molecular weight excluding hydrogens is 282 g/mol. The molecule has 0 saturated heterocycles. The summed E-state index contributed by atoms with van der Waals surface area (Å²) in [6, 6.07) is -1.32. The normalized spacial score (nSPS) is 15.0. The standard InChI is InChI=1S/C12H15N3O6/c1-14(9(17)3-2-6-16)21-12(20)8(7-13)15-10(18)4-5-11(15)19/h4-6,8H,2-3,7,13H2,1H3. The van der Waals surface area contributed by atoms with Gasteiger partial charge in [-0.1, -0.05) is 0 Å². The van der Waals surface area contributed by atoms with Gasteiger partial charge in [-0.05, 0) is 0 Å². The molecule has 0 aromatic heterocycles. The number of carbonyl (C=O) groups is 5. The molecule has 9 heteroatoms. The summed E-state index contributed by atoms with van der Waals surface area (Å²) in [6.45, 7) is -0.339. The Morgan fingerprint density at radius 2 is 1.95 bits per heavy atom. The van der Waals surface area contributed by atoms with Crippen molar-refractivity contribution in [3.05, 3.63) is 12.2 Å². The minimum absolute atomic E-state index is 0.00589. The highest BCUT2D eigenvalue weighted by Gasteiger charge is 2.37. The molecule has 1 atom stereocenters. The second-order valence-corrected chi connectivity index (χ2v) is 4.14. The SMILES string of the molecule is CN(OC(=O)C(CN)N1C(=O)C=CC1=O)C(=O)CCC=O. The third kappa shape index (κ3) is 3.96. The quantitative estimate of drug-likeness (QED) is 0.346. The van der Waals surface area contributed by atoms with Crippen LogP contribution in [0.5, 0.6) is 0 Å². The van der Waals surface area contributed by atoms with Gasteiger partial charge < -0.3 is 15.4 Å². The summed E-state index contributed by atoms with van der Waals surface area (Å²) in [7, 11) is 1.19. The van der Waals surface area contributed by atoms with Gasteiger partial charge in [0.25, 0.3) is 17.7 Å². The molecule has 1 aliphatic heterocycles. The van der Waals surface area contributed by atoms with Crippen LogP contribution in [-0.4, -0.2) is 59.6 Å². The molecule has 0 bridgehead atoms. The lowest BCUT2D eigenvalue weighted by Gasteiger charge is -2.25. The fourth-order valence-electron chi connectivity index (χ4n) is 1.61. The Morgan fingerprint density at radius 1 is 1.38 bits per heavy atom.